The number of aromatic nitrogens is 2. The van der Waals surface area contributed by atoms with Gasteiger partial charge < -0.3 is 24.7 Å². The van der Waals surface area contributed by atoms with Gasteiger partial charge in [-0.15, -0.1) is 0 Å². The number of nitrogens with zero attached hydrogens (tertiary/aromatic N) is 3. The van der Waals surface area contributed by atoms with Crippen molar-refractivity contribution in [1.82, 2.24) is 14.5 Å². The Morgan fingerprint density at radius 2 is 1.95 bits per heavy atom. The monoisotopic (exact) mass is 600 g/mol. The number of carbonyl (C=O) groups is 1. The summed E-state index contributed by atoms with van der Waals surface area (Å²) >= 11 is 3.55. The minimum atomic E-state index is -0.341. The Balaban J connectivity index is 2.21. The smallest absolute Gasteiger partial charge is 0.337 e. The van der Waals surface area contributed by atoms with E-state index in [1.807, 2.05) is 57.1 Å². The standard InChI is InChI=1S/C31H45BrN4O3/c1-9-12-24(30(37)38-8)18-23(5)26(17-21(3)10-2)29(35(6)7)39-16-11-13-22(4)20-36-28-19-25(32)14-15-27(28)34-31(36)33/h12,14-15,17-19,22H,9-11,13,16,20H2,1-8H3,(H2,33,34)/b21-17+,23-18+,24-12+,29-26?. The Morgan fingerprint density at radius 3 is 2.56 bits per heavy atom. The van der Waals surface area contributed by atoms with Gasteiger partial charge in [0.25, 0.3) is 0 Å². The second kappa shape index (κ2) is 15.6. The summed E-state index contributed by atoms with van der Waals surface area (Å²) in [6.45, 7) is 11.8. The molecule has 2 N–H and O–H groups in total. The molecule has 0 aliphatic heterocycles. The molecule has 214 valence electrons. The summed E-state index contributed by atoms with van der Waals surface area (Å²) in [5.74, 6) is 1.37. The molecule has 0 bridgehead atoms. The largest absolute Gasteiger partial charge is 0.479 e. The number of anilines is 1. The van der Waals surface area contributed by atoms with Crippen LogP contribution in [0.2, 0.25) is 0 Å². The SMILES string of the molecule is CC/C=C(\C=C(/C)C(/C=C(\C)CC)=C(OCCCC(C)Cn1c(N)nc2ccc(Br)cc21)N(C)C)C(=O)OC. The summed E-state index contributed by atoms with van der Waals surface area (Å²) < 4.78 is 14.5. The van der Waals surface area contributed by atoms with E-state index in [0.29, 0.717) is 24.0 Å². The zero-order valence-electron chi connectivity index (χ0n) is 24.8. The molecule has 1 aromatic carbocycles. The third kappa shape index (κ3) is 9.31. The second-order valence-corrected chi connectivity index (χ2v) is 11.1. The van der Waals surface area contributed by atoms with Crippen LogP contribution in [0.1, 0.15) is 60.3 Å². The molecule has 0 radical (unpaired) electrons. The van der Waals surface area contributed by atoms with Crippen molar-refractivity contribution in [1.29, 1.82) is 0 Å². The van der Waals surface area contributed by atoms with Gasteiger partial charge in [-0.2, -0.15) is 0 Å². The quantitative estimate of drug-likeness (QED) is 0.0799. The highest BCUT2D eigenvalue weighted by molar-refractivity contribution is 9.10. The topological polar surface area (TPSA) is 82.6 Å². The van der Waals surface area contributed by atoms with E-state index in [1.165, 1.54) is 12.7 Å². The van der Waals surface area contributed by atoms with Crippen molar-refractivity contribution in [2.75, 3.05) is 33.5 Å². The highest BCUT2D eigenvalue weighted by Crippen LogP contribution is 2.26. The minimum Gasteiger partial charge on any atom is -0.479 e. The van der Waals surface area contributed by atoms with Gasteiger partial charge in [0.2, 0.25) is 5.95 Å². The van der Waals surface area contributed by atoms with E-state index < -0.39 is 0 Å². The molecule has 0 aliphatic carbocycles. The van der Waals surface area contributed by atoms with Crippen molar-refractivity contribution in [2.24, 2.45) is 5.92 Å². The van der Waals surface area contributed by atoms with Gasteiger partial charge >= 0.3 is 5.97 Å². The highest BCUT2D eigenvalue weighted by Gasteiger charge is 2.16. The minimum absolute atomic E-state index is 0.341. The number of imidazole rings is 1. The number of hydrogen-bond donors (Lipinski definition) is 1. The van der Waals surface area contributed by atoms with Gasteiger partial charge in [-0.25, -0.2) is 9.78 Å². The van der Waals surface area contributed by atoms with Crippen molar-refractivity contribution in [3.63, 3.8) is 0 Å². The van der Waals surface area contributed by atoms with Gasteiger partial charge in [0, 0.05) is 30.7 Å². The molecule has 2 rings (SSSR count). The molecule has 39 heavy (non-hydrogen) atoms. The molecule has 0 amide bonds. The number of hydrogen-bond acceptors (Lipinski definition) is 6. The van der Waals surface area contributed by atoms with E-state index in [2.05, 4.69) is 58.4 Å². The van der Waals surface area contributed by atoms with Crippen LogP contribution in [0, 0.1) is 5.92 Å². The van der Waals surface area contributed by atoms with Gasteiger partial charge in [-0.3, -0.25) is 0 Å². The molecule has 8 heteroatoms. The molecule has 0 aliphatic rings. The normalized spacial score (nSPS) is 14.3. The van der Waals surface area contributed by atoms with Crippen LogP contribution >= 0.6 is 15.9 Å². The average Bonchev–Trinajstić information content (AvgIpc) is 3.20. The van der Waals surface area contributed by atoms with Crippen molar-refractivity contribution >= 4 is 38.9 Å². The lowest BCUT2D eigenvalue weighted by Crippen LogP contribution is -2.18. The number of carbonyl (C=O) groups excluding carboxylic acids is 1. The number of ether oxygens (including phenoxy) is 2. The maximum absolute atomic E-state index is 12.3. The number of fused-ring (bicyclic) bond motifs is 1. The van der Waals surface area contributed by atoms with Crippen LogP contribution in [0.3, 0.4) is 0 Å². The Morgan fingerprint density at radius 1 is 1.23 bits per heavy atom. The van der Waals surface area contributed by atoms with Gasteiger partial charge in [-0.05, 0) is 75.3 Å². The Bertz CT molecular complexity index is 1250. The van der Waals surface area contributed by atoms with Crippen molar-refractivity contribution in [3.8, 4) is 0 Å². The van der Waals surface area contributed by atoms with Crippen molar-refractivity contribution in [2.45, 2.75) is 66.8 Å². The van der Waals surface area contributed by atoms with E-state index >= 15 is 0 Å². The van der Waals surface area contributed by atoms with Crippen LogP contribution in [0.25, 0.3) is 11.0 Å². The zero-order chi connectivity index (χ0) is 29.1. The Labute approximate surface area is 242 Å². The van der Waals surface area contributed by atoms with E-state index in [0.717, 1.165) is 64.8 Å². The summed E-state index contributed by atoms with van der Waals surface area (Å²) in [6, 6.07) is 6.02. The summed E-state index contributed by atoms with van der Waals surface area (Å²) in [7, 11) is 5.37. The van der Waals surface area contributed by atoms with E-state index in [1.54, 1.807) is 0 Å². The first-order valence-electron chi connectivity index (χ1n) is 13.6. The van der Waals surface area contributed by atoms with Crippen molar-refractivity contribution in [3.05, 3.63) is 69.1 Å². The molecular weight excluding hydrogens is 556 g/mol. The maximum Gasteiger partial charge on any atom is 0.337 e. The molecular formula is C31H45BrN4O3. The molecule has 0 saturated carbocycles. The molecule has 1 heterocycles. The van der Waals surface area contributed by atoms with Crippen LogP contribution in [0.15, 0.2) is 69.1 Å². The third-order valence-corrected chi connectivity index (χ3v) is 7.03. The molecule has 1 aromatic heterocycles. The Kier molecular flexibility index (Phi) is 12.8. The number of rotatable bonds is 14. The number of methoxy groups -OCH3 is 1. The summed E-state index contributed by atoms with van der Waals surface area (Å²) in [4.78, 5) is 18.8. The lowest BCUT2D eigenvalue weighted by Gasteiger charge is -2.23. The number of nitrogen functional groups attached to an aromatic ring is 1. The molecule has 0 saturated heterocycles. The molecule has 1 atom stereocenters. The summed E-state index contributed by atoms with van der Waals surface area (Å²) in [6.07, 6.45) is 9.46. The van der Waals surface area contributed by atoms with Gasteiger partial charge in [0.1, 0.15) is 0 Å². The fourth-order valence-corrected chi connectivity index (χ4v) is 4.65. The fraction of sp³-hybridized carbons (Fsp3) is 0.484. The predicted octanol–water partition coefficient (Wildman–Crippen LogP) is 7.40. The van der Waals surface area contributed by atoms with Crippen LogP contribution in [0.4, 0.5) is 5.95 Å². The first kappa shape index (κ1) is 32.2. The maximum atomic E-state index is 12.3. The fourth-order valence-electron chi connectivity index (χ4n) is 4.30. The second-order valence-electron chi connectivity index (χ2n) is 10.2. The molecule has 1 unspecified atom stereocenters. The van der Waals surface area contributed by atoms with Crippen LogP contribution in [-0.4, -0.2) is 48.2 Å². The molecule has 7 nitrogen and oxygen atoms in total. The van der Waals surface area contributed by atoms with Crippen molar-refractivity contribution < 1.29 is 14.3 Å². The Hall–Kier alpha value is -3.00. The molecule has 0 spiro atoms. The van der Waals surface area contributed by atoms with Crippen LogP contribution in [-0.2, 0) is 20.8 Å². The number of esters is 1. The third-order valence-electron chi connectivity index (χ3n) is 6.54. The van der Waals surface area contributed by atoms with Crippen LogP contribution in [0.5, 0.6) is 0 Å². The van der Waals surface area contributed by atoms with Gasteiger partial charge in [0.15, 0.2) is 5.88 Å². The molecule has 2 aromatic rings. The number of halogens is 1. The van der Waals surface area contributed by atoms with E-state index in [9.17, 15) is 4.79 Å². The van der Waals surface area contributed by atoms with Gasteiger partial charge in [-0.1, -0.05) is 54.4 Å². The lowest BCUT2D eigenvalue weighted by molar-refractivity contribution is -0.135. The average molecular weight is 602 g/mol. The first-order chi connectivity index (χ1) is 18.5. The lowest BCUT2D eigenvalue weighted by atomic mass is 10.0. The van der Waals surface area contributed by atoms with Gasteiger partial charge in [0.05, 0.1) is 30.3 Å². The summed E-state index contributed by atoms with van der Waals surface area (Å²) in [5.41, 5.74) is 11.8. The number of allylic oxidation sites excluding steroid dienone is 5. The van der Waals surface area contributed by atoms with E-state index in [-0.39, 0.29) is 5.97 Å². The first-order valence-corrected chi connectivity index (χ1v) is 14.4. The van der Waals surface area contributed by atoms with E-state index in [4.69, 9.17) is 15.2 Å². The molecule has 0 fully saturated rings. The summed E-state index contributed by atoms with van der Waals surface area (Å²) in [5, 5.41) is 0. The number of benzene rings is 1. The number of nitrogens with two attached hydrogens (primary N) is 1. The highest BCUT2D eigenvalue weighted by atomic mass is 79.9. The predicted molar refractivity (Wildman–Crippen MR) is 165 cm³/mol. The van der Waals surface area contributed by atoms with Crippen LogP contribution < -0.4 is 5.73 Å². The zero-order valence-corrected chi connectivity index (χ0v) is 26.4.